The fraction of sp³-hybridized carbons (Fsp3) is 0.0769. The van der Waals surface area contributed by atoms with E-state index in [0.717, 1.165) is 26.7 Å². The molecule has 0 saturated heterocycles. The normalized spacial score (nSPS) is 18.0. The summed E-state index contributed by atoms with van der Waals surface area (Å²) in [5.74, 6) is 0. The van der Waals surface area contributed by atoms with Gasteiger partial charge in [0.2, 0.25) is 0 Å². The van der Waals surface area contributed by atoms with Gasteiger partial charge in [-0.1, -0.05) is 94.8 Å². The first kappa shape index (κ1) is 13.5. The molecule has 1 spiro atoms. The van der Waals surface area contributed by atoms with Crippen LogP contribution < -0.4 is 0 Å². The van der Waals surface area contributed by atoms with Gasteiger partial charge in [0.15, 0.2) is 0 Å². The van der Waals surface area contributed by atoms with Gasteiger partial charge >= 0.3 is 0 Å². The standard InChI is InChI=1S/C26H17Br/c27-19-13-14-25-21(16-19)20-9-3-6-12-24(20)26(25)22-10-4-1-7-17(22)15-18-8-2-5-11-23(18)26/h1-14,16H,15H2/i15D2. The van der Waals surface area contributed by atoms with Crippen LogP contribution in [-0.4, -0.2) is 0 Å². The lowest BCUT2D eigenvalue weighted by atomic mass is 9.61. The van der Waals surface area contributed by atoms with Crippen LogP contribution >= 0.6 is 15.9 Å². The van der Waals surface area contributed by atoms with Crippen molar-refractivity contribution in [1.29, 1.82) is 0 Å². The second kappa shape index (κ2) is 5.43. The zero-order chi connectivity index (χ0) is 19.8. The molecule has 0 amide bonds. The van der Waals surface area contributed by atoms with Crippen LogP contribution in [0.15, 0.2) is 95.5 Å². The van der Waals surface area contributed by atoms with Gasteiger partial charge in [-0.2, -0.15) is 0 Å². The molecule has 1 heteroatoms. The smallest absolute Gasteiger partial charge is 0.0620 e. The number of halogens is 1. The molecule has 0 fully saturated rings. The lowest BCUT2D eigenvalue weighted by Crippen LogP contribution is -2.34. The van der Waals surface area contributed by atoms with Gasteiger partial charge in [0.1, 0.15) is 0 Å². The summed E-state index contributed by atoms with van der Waals surface area (Å²) in [5.41, 5.74) is 7.95. The van der Waals surface area contributed by atoms with Crippen LogP contribution in [0.3, 0.4) is 0 Å². The van der Waals surface area contributed by atoms with Gasteiger partial charge in [-0.3, -0.25) is 0 Å². The van der Waals surface area contributed by atoms with E-state index in [4.69, 9.17) is 2.74 Å². The molecule has 0 aromatic heterocycles. The molecule has 6 rings (SSSR count). The van der Waals surface area contributed by atoms with Crippen molar-refractivity contribution in [1.82, 2.24) is 0 Å². The summed E-state index contributed by atoms with van der Waals surface area (Å²) < 4.78 is 19.0. The van der Waals surface area contributed by atoms with Crippen LogP contribution in [-0.2, 0) is 11.8 Å². The summed E-state index contributed by atoms with van der Waals surface area (Å²) in [7, 11) is 0. The van der Waals surface area contributed by atoms with Crippen molar-refractivity contribution in [3.8, 4) is 11.1 Å². The third kappa shape index (κ3) is 1.88. The molecule has 0 saturated carbocycles. The predicted octanol–water partition coefficient (Wildman–Crippen LogP) is 6.72. The number of rotatable bonds is 0. The van der Waals surface area contributed by atoms with E-state index < -0.39 is 11.8 Å². The molecular formula is C26H17Br. The molecule has 0 unspecified atom stereocenters. The van der Waals surface area contributed by atoms with Gasteiger partial charge in [-0.05, 0) is 63.0 Å². The van der Waals surface area contributed by atoms with E-state index in [1.54, 1.807) is 0 Å². The van der Waals surface area contributed by atoms with E-state index >= 15 is 0 Å². The van der Waals surface area contributed by atoms with Crippen molar-refractivity contribution in [2.45, 2.75) is 11.8 Å². The second-order valence-corrected chi connectivity index (χ2v) is 8.12. The van der Waals surface area contributed by atoms with E-state index in [1.165, 1.54) is 22.3 Å². The minimum Gasteiger partial charge on any atom is -0.0620 e. The minimum absolute atomic E-state index is 0.509. The van der Waals surface area contributed by atoms with Crippen LogP contribution in [0.25, 0.3) is 11.1 Å². The molecule has 27 heavy (non-hydrogen) atoms. The molecule has 2 aliphatic rings. The Bertz CT molecular complexity index is 1260. The van der Waals surface area contributed by atoms with Crippen molar-refractivity contribution in [2.24, 2.45) is 0 Å². The van der Waals surface area contributed by atoms with E-state index in [9.17, 15) is 0 Å². The highest BCUT2D eigenvalue weighted by molar-refractivity contribution is 9.10. The van der Waals surface area contributed by atoms with Gasteiger partial charge < -0.3 is 0 Å². The van der Waals surface area contributed by atoms with E-state index in [2.05, 4.69) is 70.5 Å². The summed E-state index contributed by atoms with van der Waals surface area (Å²) in [6, 6.07) is 31.1. The van der Waals surface area contributed by atoms with Crippen molar-refractivity contribution in [3.63, 3.8) is 0 Å². The predicted molar refractivity (Wildman–Crippen MR) is 114 cm³/mol. The molecule has 0 atom stereocenters. The molecule has 0 N–H and O–H groups in total. The van der Waals surface area contributed by atoms with Crippen LogP contribution in [0.4, 0.5) is 0 Å². The number of benzene rings is 4. The Hall–Kier alpha value is -2.64. The van der Waals surface area contributed by atoms with Crippen LogP contribution in [0.1, 0.15) is 36.1 Å². The Labute approximate surface area is 170 Å². The summed E-state index contributed by atoms with van der Waals surface area (Å²) >= 11 is 3.65. The second-order valence-electron chi connectivity index (χ2n) is 7.20. The van der Waals surface area contributed by atoms with Gasteiger partial charge in [0.25, 0.3) is 0 Å². The third-order valence-electron chi connectivity index (χ3n) is 5.94. The number of hydrogen-bond acceptors (Lipinski definition) is 0. The number of hydrogen-bond donors (Lipinski definition) is 0. The maximum Gasteiger partial charge on any atom is 0.0719 e. The summed E-state index contributed by atoms with van der Waals surface area (Å²) in [6.07, 6.45) is -1.54. The number of fused-ring (bicyclic) bond motifs is 9. The first-order valence-corrected chi connectivity index (χ1v) is 9.95. The maximum absolute atomic E-state index is 9.00. The van der Waals surface area contributed by atoms with Crippen LogP contribution in [0, 0.1) is 0 Å². The van der Waals surface area contributed by atoms with Gasteiger partial charge in [0.05, 0.1) is 5.41 Å². The molecule has 4 aromatic carbocycles. The fourth-order valence-electron chi connectivity index (χ4n) is 4.97. The first-order chi connectivity index (χ1) is 14.1. The van der Waals surface area contributed by atoms with Crippen molar-refractivity contribution < 1.29 is 2.74 Å². The lowest BCUT2D eigenvalue weighted by Gasteiger charge is -2.40. The van der Waals surface area contributed by atoms with Crippen molar-refractivity contribution in [2.75, 3.05) is 0 Å². The molecule has 0 heterocycles. The zero-order valence-corrected chi connectivity index (χ0v) is 16.1. The van der Waals surface area contributed by atoms with Crippen LogP contribution in [0.2, 0.25) is 0 Å². The molecule has 2 aliphatic carbocycles. The largest absolute Gasteiger partial charge is 0.0719 e. The Morgan fingerprint density at radius 1 is 0.630 bits per heavy atom. The van der Waals surface area contributed by atoms with E-state index in [-0.39, 0.29) is 0 Å². The maximum atomic E-state index is 9.00. The van der Waals surface area contributed by atoms with Crippen molar-refractivity contribution >= 4 is 15.9 Å². The van der Waals surface area contributed by atoms with E-state index in [1.807, 2.05) is 36.4 Å². The Kier molecular flexibility index (Phi) is 2.72. The Morgan fingerprint density at radius 2 is 1.19 bits per heavy atom. The molecule has 0 aliphatic heterocycles. The monoisotopic (exact) mass is 410 g/mol. The molecule has 0 nitrogen and oxygen atoms in total. The molecule has 0 bridgehead atoms. The summed E-state index contributed by atoms with van der Waals surface area (Å²) in [4.78, 5) is 0. The molecule has 0 radical (unpaired) electrons. The SMILES string of the molecule is [2H]C1([2H])c2ccccc2C2(c3ccccc3-c3cc(Br)ccc32)c2ccccc21. The minimum atomic E-state index is -1.54. The third-order valence-corrected chi connectivity index (χ3v) is 6.43. The quantitative estimate of drug-likeness (QED) is 0.266. The Morgan fingerprint density at radius 3 is 1.89 bits per heavy atom. The van der Waals surface area contributed by atoms with E-state index in [0.29, 0.717) is 0 Å². The summed E-state index contributed by atoms with van der Waals surface area (Å²) in [5, 5.41) is 0. The lowest BCUT2D eigenvalue weighted by molar-refractivity contribution is 0.722. The first-order valence-electron chi connectivity index (χ1n) is 10.2. The van der Waals surface area contributed by atoms with Gasteiger partial charge in [0, 0.05) is 7.21 Å². The fourth-order valence-corrected chi connectivity index (χ4v) is 5.33. The molecule has 4 aromatic rings. The summed E-state index contributed by atoms with van der Waals surface area (Å²) in [6.45, 7) is 0. The zero-order valence-electron chi connectivity index (χ0n) is 16.5. The average Bonchev–Trinajstić information content (AvgIpc) is 3.03. The molecule has 128 valence electrons. The van der Waals surface area contributed by atoms with Crippen molar-refractivity contribution in [3.05, 3.63) is 129 Å². The Balaban J connectivity index is 1.88. The van der Waals surface area contributed by atoms with Gasteiger partial charge in [-0.25, -0.2) is 0 Å². The van der Waals surface area contributed by atoms with Gasteiger partial charge in [-0.15, -0.1) is 0 Å². The highest BCUT2D eigenvalue weighted by atomic mass is 79.9. The highest BCUT2D eigenvalue weighted by Gasteiger charge is 2.49. The molecular weight excluding hydrogens is 392 g/mol. The van der Waals surface area contributed by atoms with Crippen LogP contribution in [0.5, 0.6) is 0 Å². The highest BCUT2D eigenvalue weighted by Crippen LogP contribution is 2.59. The average molecular weight is 411 g/mol. The topological polar surface area (TPSA) is 0 Å².